The summed E-state index contributed by atoms with van der Waals surface area (Å²) in [7, 11) is 0.673. The number of hydrogen-bond acceptors (Lipinski definition) is 4. The standard InChI is InChI=1S/C13H28N2O3S/c1-14-13(7-5-9-18-2)10-12-6-4-8-15(11-12)19(3,16)17/h12-14H,4-11H2,1-3H3. The molecule has 6 heteroatoms. The molecule has 114 valence electrons. The van der Waals surface area contributed by atoms with Gasteiger partial charge in [0.2, 0.25) is 10.0 Å². The number of rotatable bonds is 8. The van der Waals surface area contributed by atoms with E-state index in [1.807, 2.05) is 7.05 Å². The van der Waals surface area contributed by atoms with Crippen LogP contribution >= 0.6 is 0 Å². The van der Waals surface area contributed by atoms with Gasteiger partial charge in [-0.05, 0) is 45.1 Å². The summed E-state index contributed by atoms with van der Waals surface area (Å²) in [5.41, 5.74) is 0. The average molecular weight is 292 g/mol. The van der Waals surface area contributed by atoms with E-state index in [0.717, 1.165) is 38.7 Å². The number of nitrogens with zero attached hydrogens (tertiary/aromatic N) is 1. The second kappa shape index (κ2) is 8.19. The Hall–Kier alpha value is -0.170. The lowest BCUT2D eigenvalue weighted by molar-refractivity contribution is 0.183. The van der Waals surface area contributed by atoms with Crippen LogP contribution in [-0.2, 0) is 14.8 Å². The summed E-state index contributed by atoms with van der Waals surface area (Å²) in [4.78, 5) is 0. The van der Waals surface area contributed by atoms with Crippen LogP contribution in [0.3, 0.4) is 0 Å². The summed E-state index contributed by atoms with van der Waals surface area (Å²) in [6, 6.07) is 0.458. The molecule has 0 aromatic heterocycles. The first-order chi connectivity index (χ1) is 8.97. The molecule has 1 aliphatic rings. The van der Waals surface area contributed by atoms with Crippen molar-refractivity contribution in [2.75, 3.05) is 40.1 Å². The molecule has 0 aromatic rings. The molecular formula is C13H28N2O3S. The maximum absolute atomic E-state index is 11.6. The summed E-state index contributed by atoms with van der Waals surface area (Å²) in [6.07, 6.45) is 6.60. The van der Waals surface area contributed by atoms with Crippen molar-refractivity contribution >= 4 is 10.0 Å². The van der Waals surface area contributed by atoms with E-state index < -0.39 is 10.0 Å². The zero-order chi connectivity index (χ0) is 14.3. The van der Waals surface area contributed by atoms with Crippen LogP contribution in [0.2, 0.25) is 0 Å². The third-order valence-corrected chi connectivity index (χ3v) is 5.15. The van der Waals surface area contributed by atoms with E-state index in [1.54, 1.807) is 11.4 Å². The van der Waals surface area contributed by atoms with Gasteiger partial charge in [0.15, 0.2) is 0 Å². The molecule has 0 spiro atoms. The number of ether oxygens (including phenoxy) is 1. The first kappa shape index (κ1) is 16.9. The molecule has 0 saturated carbocycles. The predicted octanol–water partition coefficient (Wildman–Crippen LogP) is 1.06. The number of sulfonamides is 1. The van der Waals surface area contributed by atoms with Crippen molar-refractivity contribution in [2.24, 2.45) is 5.92 Å². The monoisotopic (exact) mass is 292 g/mol. The van der Waals surface area contributed by atoms with Crippen molar-refractivity contribution < 1.29 is 13.2 Å². The Balaban J connectivity index is 2.41. The van der Waals surface area contributed by atoms with Crippen molar-refractivity contribution in [3.05, 3.63) is 0 Å². The highest BCUT2D eigenvalue weighted by Gasteiger charge is 2.27. The summed E-state index contributed by atoms with van der Waals surface area (Å²) in [6.45, 7) is 2.16. The Morgan fingerprint density at radius 1 is 1.47 bits per heavy atom. The molecule has 1 heterocycles. The van der Waals surface area contributed by atoms with Crippen LogP contribution in [-0.4, -0.2) is 58.9 Å². The smallest absolute Gasteiger partial charge is 0.211 e. The molecule has 5 nitrogen and oxygen atoms in total. The first-order valence-electron chi connectivity index (χ1n) is 7.08. The zero-order valence-corrected chi connectivity index (χ0v) is 13.2. The van der Waals surface area contributed by atoms with Gasteiger partial charge in [-0.1, -0.05) is 0 Å². The molecule has 2 atom stereocenters. The van der Waals surface area contributed by atoms with E-state index in [0.29, 0.717) is 25.0 Å². The lowest BCUT2D eigenvalue weighted by atomic mass is 9.91. The Morgan fingerprint density at radius 3 is 2.79 bits per heavy atom. The summed E-state index contributed by atoms with van der Waals surface area (Å²) < 4.78 is 29.9. The second-order valence-electron chi connectivity index (χ2n) is 5.49. The summed E-state index contributed by atoms with van der Waals surface area (Å²) in [5.74, 6) is 0.475. The number of hydrogen-bond donors (Lipinski definition) is 1. The molecule has 1 fully saturated rings. The van der Waals surface area contributed by atoms with E-state index >= 15 is 0 Å². The minimum atomic E-state index is -3.03. The van der Waals surface area contributed by atoms with Crippen LogP contribution in [0.25, 0.3) is 0 Å². The van der Waals surface area contributed by atoms with E-state index in [9.17, 15) is 8.42 Å². The van der Waals surface area contributed by atoms with Gasteiger partial charge in [-0.3, -0.25) is 0 Å². The maximum Gasteiger partial charge on any atom is 0.211 e. The molecule has 0 bridgehead atoms. The molecule has 19 heavy (non-hydrogen) atoms. The normalized spacial score (nSPS) is 23.4. The van der Waals surface area contributed by atoms with Gasteiger partial charge in [0.05, 0.1) is 6.26 Å². The van der Waals surface area contributed by atoms with Gasteiger partial charge in [0.1, 0.15) is 0 Å². The average Bonchev–Trinajstić information content (AvgIpc) is 2.37. The predicted molar refractivity (Wildman–Crippen MR) is 77.7 cm³/mol. The molecule has 1 rings (SSSR count). The highest BCUT2D eigenvalue weighted by molar-refractivity contribution is 7.88. The fraction of sp³-hybridized carbons (Fsp3) is 1.00. The van der Waals surface area contributed by atoms with Gasteiger partial charge < -0.3 is 10.1 Å². The Kier molecular flexibility index (Phi) is 7.28. The molecule has 1 saturated heterocycles. The SMILES string of the molecule is CNC(CCCOC)CC1CCCN(S(C)(=O)=O)C1. The Bertz CT molecular complexity index is 346. The number of methoxy groups -OCH3 is 1. The third-order valence-electron chi connectivity index (χ3n) is 3.88. The van der Waals surface area contributed by atoms with Crippen molar-refractivity contribution in [1.29, 1.82) is 0 Å². The fourth-order valence-electron chi connectivity index (χ4n) is 2.78. The zero-order valence-electron chi connectivity index (χ0n) is 12.4. The Labute approximate surface area is 117 Å². The van der Waals surface area contributed by atoms with Gasteiger partial charge in [0.25, 0.3) is 0 Å². The number of nitrogens with one attached hydrogen (secondary N) is 1. The third kappa shape index (κ3) is 6.21. The number of piperidine rings is 1. The molecular weight excluding hydrogens is 264 g/mol. The van der Waals surface area contributed by atoms with Crippen molar-refractivity contribution in [2.45, 2.75) is 38.1 Å². The van der Waals surface area contributed by atoms with Crippen LogP contribution in [0.4, 0.5) is 0 Å². The molecule has 0 aromatic carbocycles. The highest BCUT2D eigenvalue weighted by atomic mass is 32.2. The minimum absolute atomic E-state index is 0.458. The van der Waals surface area contributed by atoms with E-state index in [2.05, 4.69) is 5.32 Å². The first-order valence-corrected chi connectivity index (χ1v) is 8.93. The molecule has 0 amide bonds. The van der Waals surface area contributed by atoms with Gasteiger partial charge in [0, 0.05) is 32.8 Å². The van der Waals surface area contributed by atoms with Crippen LogP contribution in [0, 0.1) is 5.92 Å². The van der Waals surface area contributed by atoms with E-state index in [-0.39, 0.29) is 0 Å². The summed E-state index contributed by atoms with van der Waals surface area (Å²) >= 11 is 0. The van der Waals surface area contributed by atoms with Crippen molar-refractivity contribution in [3.63, 3.8) is 0 Å². The lowest BCUT2D eigenvalue weighted by Gasteiger charge is -2.33. The summed E-state index contributed by atoms with van der Waals surface area (Å²) in [5, 5.41) is 3.34. The van der Waals surface area contributed by atoms with E-state index in [1.165, 1.54) is 6.26 Å². The quantitative estimate of drug-likeness (QED) is 0.680. The molecule has 0 aliphatic carbocycles. The molecule has 1 N–H and O–H groups in total. The van der Waals surface area contributed by atoms with Crippen molar-refractivity contribution in [1.82, 2.24) is 9.62 Å². The van der Waals surface area contributed by atoms with Gasteiger partial charge in [-0.15, -0.1) is 0 Å². The van der Waals surface area contributed by atoms with Crippen molar-refractivity contribution in [3.8, 4) is 0 Å². The largest absolute Gasteiger partial charge is 0.385 e. The minimum Gasteiger partial charge on any atom is -0.385 e. The Morgan fingerprint density at radius 2 is 2.21 bits per heavy atom. The van der Waals surface area contributed by atoms with Gasteiger partial charge in [-0.2, -0.15) is 0 Å². The van der Waals surface area contributed by atoms with Crippen LogP contribution in [0.1, 0.15) is 32.1 Å². The van der Waals surface area contributed by atoms with Crippen LogP contribution in [0.15, 0.2) is 0 Å². The van der Waals surface area contributed by atoms with Gasteiger partial charge in [-0.25, -0.2) is 12.7 Å². The molecule has 2 unspecified atom stereocenters. The second-order valence-corrected chi connectivity index (χ2v) is 7.47. The van der Waals surface area contributed by atoms with E-state index in [4.69, 9.17) is 4.74 Å². The highest BCUT2D eigenvalue weighted by Crippen LogP contribution is 2.23. The van der Waals surface area contributed by atoms with Gasteiger partial charge >= 0.3 is 0 Å². The molecule has 0 radical (unpaired) electrons. The lowest BCUT2D eigenvalue weighted by Crippen LogP contribution is -2.41. The fourth-order valence-corrected chi connectivity index (χ4v) is 3.72. The van der Waals surface area contributed by atoms with Crippen LogP contribution < -0.4 is 5.32 Å². The maximum atomic E-state index is 11.6. The molecule has 1 aliphatic heterocycles. The topological polar surface area (TPSA) is 58.6 Å². The van der Waals surface area contributed by atoms with Crippen LogP contribution in [0.5, 0.6) is 0 Å².